The minimum Gasteiger partial charge on any atom is -0.475 e. The maximum Gasteiger partial charge on any atom is 0.377 e. The van der Waals surface area contributed by atoms with E-state index >= 15 is 0 Å². The van der Waals surface area contributed by atoms with Crippen LogP contribution in [0.1, 0.15) is 23.6 Å². The fourth-order valence-corrected chi connectivity index (χ4v) is 3.13. The van der Waals surface area contributed by atoms with Crippen LogP contribution in [0.3, 0.4) is 0 Å². The number of hydrogen-bond donors (Lipinski definition) is 1. The highest BCUT2D eigenvalue weighted by molar-refractivity contribution is 6.51. The molecule has 0 amide bonds. The Morgan fingerprint density at radius 2 is 1.88 bits per heavy atom. The first-order chi connectivity index (χ1) is 12.4. The number of carbonyl (C=O) groups excluding carboxylic acids is 1. The van der Waals surface area contributed by atoms with Gasteiger partial charge in [-0.15, -0.1) is 0 Å². The average Bonchev–Trinajstić information content (AvgIpc) is 2.62. The van der Waals surface area contributed by atoms with Crippen molar-refractivity contribution < 1.29 is 19.5 Å². The van der Waals surface area contributed by atoms with E-state index < -0.39 is 11.8 Å². The van der Waals surface area contributed by atoms with Gasteiger partial charge in [0.15, 0.2) is 0 Å². The number of nitrogens with zero attached hydrogens (tertiary/aromatic N) is 1. The highest BCUT2D eigenvalue weighted by atomic mass is 35.5. The van der Waals surface area contributed by atoms with Crippen molar-refractivity contribution in [2.24, 2.45) is 0 Å². The Morgan fingerprint density at radius 1 is 1.15 bits per heavy atom. The molecule has 0 bridgehead atoms. The molecule has 1 N–H and O–H groups in total. The van der Waals surface area contributed by atoms with Crippen molar-refractivity contribution in [2.45, 2.75) is 20.1 Å². The molecule has 134 valence electrons. The second kappa shape index (κ2) is 7.50. The van der Waals surface area contributed by atoms with Gasteiger partial charge in [0.05, 0.1) is 34.5 Å². The SMILES string of the molecule is CC1=C(C(=O)C(=O)O)c2ccccc2CN1OCc1ccc(Cl)c(Cl)c1. The van der Waals surface area contributed by atoms with Crippen LogP contribution >= 0.6 is 23.2 Å². The number of allylic oxidation sites excluding steroid dienone is 1. The van der Waals surface area contributed by atoms with E-state index in [2.05, 4.69) is 0 Å². The van der Waals surface area contributed by atoms with Crippen molar-refractivity contribution in [2.75, 3.05) is 0 Å². The van der Waals surface area contributed by atoms with E-state index in [1.54, 1.807) is 37.3 Å². The fraction of sp³-hybridized carbons (Fsp3) is 0.158. The smallest absolute Gasteiger partial charge is 0.377 e. The summed E-state index contributed by atoms with van der Waals surface area (Å²) >= 11 is 11.9. The average molecular weight is 392 g/mol. The molecule has 2 aromatic rings. The summed E-state index contributed by atoms with van der Waals surface area (Å²) in [5, 5.41) is 11.6. The highest BCUT2D eigenvalue weighted by Crippen LogP contribution is 2.33. The van der Waals surface area contributed by atoms with Crippen LogP contribution in [0.4, 0.5) is 0 Å². The maximum atomic E-state index is 12.2. The van der Waals surface area contributed by atoms with Crippen LogP contribution in [-0.2, 0) is 27.6 Å². The normalized spacial score (nSPS) is 13.6. The fourth-order valence-electron chi connectivity index (χ4n) is 2.81. The van der Waals surface area contributed by atoms with Crippen molar-refractivity contribution in [1.29, 1.82) is 0 Å². The van der Waals surface area contributed by atoms with Crippen LogP contribution in [-0.4, -0.2) is 21.9 Å². The number of benzene rings is 2. The summed E-state index contributed by atoms with van der Waals surface area (Å²) in [6.45, 7) is 2.27. The summed E-state index contributed by atoms with van der Waals surface area (Å²) in [5.74, 6) is -2.46. The van der Waals surface area contributed by atoms with E-state index in [1.165, 1.54) is 5.06 Å². The summed E-state index contributed by atoms with van der Waals surface area (Å²) in [6, 6.07) is 12.3. The van der Waals surface area contributed by atoms with Gasteiger partial charge in [0.2, 0.25) is 0 Å². The van der Waals surface area contributed by atoms with Gasteiger partial charge in [-0.25, -0.2) is 4.79 Å². The molecule has 0 saturated carbocycles. The molecule has 0 fully saturated rings. The van der Waals surface area contributed by atoms with Crippen LogP contribution < -0.4 is 0 Å². The molecule has 0 unspecified atom stereocenters. The van der Waals surface area contributed by atoms with E-state index in [0.717, 1.165) is 11.1 Å². The number of hydrogen-bond acceptors (Lipinski definition) is 4. The van der Waals surface area contributed by atoms with Crippen LogP contribution in [0, 0.1) is 0 Å². The second-order valence-corrected chi connectivity index (χ2v) is 6.62. The molecule has 1 heterocycles. The van der Waals surface area contributed by atoms with Gasteiger partial charge in [-0.1, -0.05) is 53.5 Å². The Labute approximate surface area is 160 Å². The van der Waals surface area contributed by atoms with Crippen LogP contribution in [0.15, 0.2) is 48.2 Å². The number of carboxylic acid groups (broad SMARTS) is 1. The standard InChI is InChI=1S/C19H15Cl2NO4/c1-11-17(18(23)19(24)25)14-5-3-2-4-13(14)9-22(11)26-10-12-6-7-15(20)16(21)8-12/h2-8H,9-10H2,1H3,(H,24,25). The van der Waals surface area contributed by atoms with Gasteiger partial charge in [-0.2, -0.15) is 0 Å². The van der Waals surface area contributed by atoms with Crippen molar-refractivity contribution in [3.05, 3.63) is 74.9 Å². The van der Waals surface area contributed by atoms with Gasteiger partial charge >= 0.3 is 5.97 Å². The zero-order valence-corrected chi connectivity index (χ0v) is 15.3. The molecule has 0 atom stereocenters. The molecule has 0 spiro atoms. The van der Waals surface area contributed by atoms with Crippen molar-refractivity contribution in [3.63, 3.8) is 0 Å². The number of rotatable bonds is 5. The summed E-state index contributed by atoms with van der Waals surface area (Å²) in [5.41, 5.74) is 2.82. The molecule has 7 heteroatoms. The zero-order valence-electron chi connectivity index (χ0n) is 13.8. The molecular weight excluding hydrogens is 377 g/mol. The number of hydroxylamine groups is 2. The van der Waals surface area contributed by atoms with E-state index in [9.17, 15) is 9.59 Å². The molecule has 0 radical (unpaired) electrons. The van der Waals surface area contributed by atoms with E-state index in [1.807, 2.05) is 12.1 Å². The van der Waals surface area contributed by atoms with Crippen LogP contribution in [0.25, 0.3) is 5.57 Å². The van der Waals surface area contributed by atoms with E-state index in [0.29, 0.717) is 27.9 Å². The predicted octanol–water partition coefficient (Wildman–Crippen LogP) is 4.33. The first kappa shape index (κ1) is 18.5. The Balaban J connectivity index is 1.90. The second-order valence-electron chi connectivity index (χ2n) is 5.81. The first-order valence-corrected chi connectivity index (χ1v) is 8.55. The number of carbonyl (C=O) groups is 2. The lowest BCUT2D eigenvalue weighted by Crippen LogP contribution is -2.30. The van der Waals surface area contributed by atoms with Crippen LogP contribution in [0.5, 0.6) is 0 Å². The van der Waals surface area contributed by atoms with Crippen LogP contribution in [0.2, 0.25) is 10.0 Å². The minimum absolute atomic E-state index is 0.133. The number of halogens is 2. The maximum absolute atomic E-state index is 12.2. The Hall–Kier alpha value is -2.34. The highest BCUT2D eigenvalue weighted by Gasteiger charge is 2.30. The zero-order chi connectivity index (χ0) is 18.8. The molecule has 0 aromatic heterocycles. The number of fused-ring (bicyclic) bond motifs is 1. The molecule has 5 nitrogen and oxygen atoms in total. The molecule has 1 aliphatic rings. The molecule has 1 aliphatic heterocycles. The molecule has 3 rings (SSSR count). The Bertz CT molecular complexity index is 924. The Kier molecular flexibility index (Phi) is 5.32. The van der Waals surface area contributed by atoms with Gasteiger partial charge in [0.1, 0.15) is 0 Å². The number of aliphatic carboxylic acids is 1. The number of Topliss-reactive ketones (excluding diaryl/α,β-unsaturated/α-hetero) is 1. The summed E-state index contributed by atoms with van der Waals surface area (Å²) in [7, 11) is 0. The minimum atomic E-state index is -1.50. The topological polar surface area (TPSA) is 66.8 Å². The summed E-state index contributed by atoms with van der Waals surface area (Å²) < 4.78 is 0. The van der Waals surface area contributed by atoms with Crippen molar-refractivity contribution >= 4 is 40.5 Å². The lowest BCUT2D eigenvalue weighted by atomic mass is 9.92. The third-order valence-electron chi connectivity index (χ3n) is 4.13. The Morgan fingerprint density at radius 3 is 2.58 bits per heavy atom. The summed E-state index contributed by atoms with van der Waals surface area (Å²) in [6.07, 6.45) is 0. The largest absolute Gasteiger partial charge is 0.475 e. The van der Waals surface area contributed by atoms with E-state index in [-0.39, 0.29) is 12.2 Å². The molecule has 0 saturated heterocycles. The van der Waals surface area contributed by atoms with Gasteiger partial charge < -0.3 is 5.11 Å². The third kappa shape index (κ3) is 3.60. The first-order valence-electron chi connectivity index (χ1n) is 7.79. The van der Waals surface area contributed by atoms with E-state index in [4.69, 9.17) is 33.1 Å². The van der Waals surface area contributed by atoms with Crippen molar-refractivity contribution in [1.82, 2.24) is 5.06 Å². The quantitative estimate of drug-likeness (QED) is 0.768. The summed E-state index contributed by atoms with van der Waals surface area (Å²) in [4.78, 5) is 29.3. The monoisotopic (exact) mass is 391 g/mol. The van der Waals surface area contributed by atoms with Gasteiger partial charge in [-0.3, -0.25) is 14.7 Å². The number of carboxylic acids is 1. The third-order valence-corrected chi connectivity index (χ3v) is 4.87. The van der Waals surface area contributed by atoms with Gasteiger partial charge in [-0.05, 0) is 35.7 Å². The molecule has 2 aromatic carbocycles. The predicted molar refractivity (Wildman–Crippen MR) is 98.5 cm³/mol. The van der Waals surface area contributed by atoms with Gasteiger partial charge in [0, 0.05) is 0 Å². The molecule has 0 aliphatic carbocycles. The lowest BCUT2D eigenvalue weighted by molar-refractivity contribution is -0.152. The number of ketones is 1. The van der Waals surface area contributed by atoms with Crippen molar-refractivity contribution in [3.8, 4) is 0 Å². The lowest BCUT2D eigenvalue weighted by Gasteiger charge is -2.31. The van der Waals surface area contributed by atoms with Gasteiger partial charge in [0.25, 0.3) is 5.78 Å². The molecular formula is C19H15Cl2NO4. The molecule has 26 heavy (non-hydrogen) atoms.